The van der Waals surface area contributed by atoms with Crippen molar-refractivity contribution in [3.8, 4) is 0 Å². The highest BCUT2D eigenvalue weighted by Gasteiger charge is 2.64. The zero-order valence-electron chi connectivity index (χ0n) is 17.7. The van der Waals surface area contributed by atoms with Gasteiger partial charge in [0.05, 0.1) is 19.3 Å². The molecule has 2 saturated heterocycles. The van der Waals surface area contributed by atoms with Crippen molar-refractivity contribution in [3.05, 3.63) is 11.6 Å². The molecular weight excluding hydrogens is 354 g/mol. The van der Waals surface area contributed by atoms with Crippen LogP contribution in [0.25, 0.3) is 0 Å². The first-order chi connectivity index (χ1) is 13.2. The number of hydrogen-bond donors (Lipinski definition) is 1. The predicted molar refractivity (Wildman–Crippen MR) is 105 cm³/mol. The maximum atomic E-state index is 12.9. The Bertz CT molecular complexity index is 711. The minimum absolute atomic E-state index is 0.0154. The molecule has 3 aliphatic carbocycles. The molecule has 0 aromatic rings. The molecule has 6 atom stereocenters. The van der Waals surface area contributed by atoms with Crippen LogP contribution in [0.3, 0.4) is 0 Å². The Kier molecular flexibility index (Phi) is 4.12. The van der Waals surface area contributed by atoms with Crippen molar-refractivity contribution in [1.82, 2.24) is 4.90 Å². The van der Waals surface area contributed by atoms with Gasteiger partial charge in [-0.15, -0.1) is 0 Å². The summed E-state index contributed by atoms with van der Waals surface area (Å²) in [6.45, 7) is 10.2. The fourth-order valence-corrected chi connectivity index (χ4v) is 7.90. The van der Waals surface area contributed by atoms with E-state index < -0.39 is 5.79 Å². The van der Waals surface area contributed by atoms with Gasteiger partial charge in [-0.2, -0.15) is 0 Å². The van der Waals surface area contributed by atoms with Crippen LogP contribution >= 0.6 is 0 Å². The van der Waals surface area contributed by atoms with Crippen molar-refractivity contribution in [3.63, 3.8) is 0 Å². The van der Waals surface area contributed by atoms with E-state index in [4.69, 9.17) is 9.47 Å². The van der Waals surface area contributed by atoms with E-state index in [0.29, 0.717) is 37.9 Å². The van der Waals surface area contributed by atoms with Gasteiger partial charge in [0, 0.05) is 30.8 Å². The van der Waals surface area contributed by atoms with Crippen LogP contribution in [0.2, 0.25) is 0 Å². The van der Waals surface area contributed by atoms with E-state index in [9.17, 15) is 9.90 Å². The second kappa shape index (κ2) is 6.05. The summed E-state index contributed by atoms with van der Waals surface area (Å²) in [4.78, 5) is 15.0. The minimum Gasteiger partial charge on any atom is -0.393 e. The Morgan fingerprint density at radius 2 is 1.93 bits per heavy atom. The summed E-state index contributed by atoms with van der Waals surface area (Å²) >= 11 is 0. The van der Waals surface area contributed by atoms with Crippen molar-refractivity contribution in [2.45, 2.75) is 89.7 Å². The Balaban J connectivity index is 1.50. The van der Waals surface area contributed by atoms with Crippen molar-refractivity contribution >= 4 is 5.91 Å². The summed E-state index contributed by atoms with van der Waals surface area (Å²) in [6.07, 6.45) is 7.06. The third kappa shape index (κ3) is 2.39. The standard InChI is InChI=1S/C23H35NO4/c1-14(2)24-19(26)11-17-16-6-5-15-12-23(27-9-10-28-23)8-7-21(15,3)20(16)18(25)13-22(17,24)4/h5,14,16-18,20,25H,6-13H2,1-4H3/t16?,17?,18-,20?,21-,22-/m0/s1. The number of fused-ring (bicyclic) bond motifs is 5. The van der Waals surface area contributed by atoms with E-state index in [1.165, 1.54) is 5.57 Å². The molecule has 0 aromatic carbocycles. The number of amides is 1. The molecule has 5 rings (SSSR count). The molecule has 28 heavy (non-hydrogen) atoms. The van der Waals surface area contributed by atoms with Crippen LogP contribution in [-0.4, -0.2) is 52.6 Å². The summed E-state index contributed by atoms with van der Waals surface area (Å²) in [6, 6.07) is 0.183. The van der Waals surface area contributed by atoms with Gasteiger partial charge in [0.15, 0.2) is 5.79 Å². The molecule has 1 amide bonds. The number of likely N-dealkylation sites (tertiary alicyclic amines) is 1. The number of allylic oxidation sites excluding steroid dienone is 1. The molecule has 5 aliphatic rings. The van der Waals surface area contributed by atoms with Crippen LogP contribution < -0.4 is 0 Å². The SMILES string of the molecule is CC(C)N1C(=O)CC2C3CC=C4CC5(CC[C@]4(C)C3[C@@H](O)C[C@@]21C)OCCO5. The smallest absolute Gasteiger partial charge is 0.223 e. The molecule has 4 fully saturated rings. The number of aliphatic hydroxyl groups is 1. The molecule has 0 radical (unpaired) electrons. The van der Waals surface area contributed by atoms with Crippen molar-refractivity contribution in [1.29, 1.82) is 0 Å². The molecule has 0 bridgehead atoms. The zero-order valence-corrected chi connectivity index (χ0v) is 17.7. The number of nitrogens with zero attached hydrogens (tertiary/aromatic N) is 1. The summed E-state index contributed by atoms with van der Waals surface area (Å²) in [5.74, 6) is 0.772. The highest BCUT2D eigenvalue weighted by atomic mass is 16.7. The third-order valence-corrected chi connectivity index (χ3v) is 8.95. The molecule has 1 spiro atoms. The molecule has 1 N–H and O–H groups in total. The van der Waals surface area contributed by atoms with Crippen LogP contribution in [0.1, 0.15) is 66.2 Å². The second-order valence-corrected chi connectivity index (χ2v) is 10.7. The molecule has 2 aliphatic heterocycles. The summed E-state index contributed by atoms with van der Waals surface area (Å²) in [7, 11) is 0. The lowest BCUT2D eigenvalue weighted by Crippen LogP contribution is -2.62. The van der Waals surface area contributed by atoms with E-state index in [2.05, 4.69) is 38.7 Å². The number of ether oxygens (including phenoxy) is 2. The quantitative estimate of drug-likeness (QED) is 0.700. The van der Waals surface area contributed by atoms with Crippen LogP contribution in [0, 0.1) is 23.2 Å². The topological polar surface area (TPSA) is 59.0 Å². The van der Waals surface area contributed by atoms with E-state index in [1.54, 1.807) is 0 Å². The van der Waals surface area contributed by atoms with Crippen LogP contribution in [0.15, 0.2) is 11.6 Å². The van der Waals surface area contributed by atoms with Gasteiger partial charge < -0.3 is 19.5 Å². The maximum absolute atomic E-state index is 12.9. The summed E-state index contributed by atoms with van der Waals surface area (Å²) in [5, 5.41) is 11.4. The van der Waals surface area contributed by atoms with Gasteiger partial charge in [-0.05, 0) is 63.2 Å². The molecule has 156 valence electrons. The van der Waals surface area contributed by atoms with Gasteiger partial charge in [0.1, 0.15) is 0 Å². The molecule has 0 aromatic heterocycles. The Labute approximate surface area is 168 Å². The molecule has 2 saturated carbocycles. The fourth-order valence-electron chi connectivity index (χ4n) is 7.90. The average Bonchev–Trinajstić information content (AvgIpc) is 3.16. The van der Waals surface area contributed by atoms with Gasteiger partial charge in [0.25, 0.3) is 0 Å². The number of carbonyl (C=O) groups is 1. The first-order valence-corrected chi connectivity index (χ1v) is 11.2. The third-order valence-electron chi connectivity index (χ3n) is 8.95. The lowest BCUT2D eigenvalue weighted by molar-refractivity contribution is -0.192. The van der Waals surface area contributed by atoms with Gasteiger partial charge in [-0.3, -0.25) is 4.79 Å². The first kappa shape index (κ1) is 19.1. The first-order valence-electron chi connectivity index (χ1n) is 11.2. The number of hydrogen-bond acceptors (Lipinski definition) is 4. The maximum Gasteiger partial charge on any atom is 0.223 e. The normalized spacial score (nSPS) is 47.1. The van der Waals surface area contributed by atoms with E-state index >= 15 is 0 Å². The molecular formula is C23H35NO4. The van der Waals surface area contributed by atoms with Gasteiger partial charge in [-0.1, -0.05) is 18.6 Å². The van der Waals surface area contributed by atoms with Gasteiger partial charge in [0.2, 0.25) is 5.91 Å². The highest BCUT2D eigenvalue weighted by molar-refractivity contribution is 5.81. The highest BCUT2D eigenvalue weighted by Crippen LogP contribution is 2.63. The van der Waals surface area contributed by atoms with Crippen molar-refractivity contribution < 1.29 is 19.4 Å². The fraction of sp³-hybridized carbons (Fsp3) is 0.870. The largest absolute Gasteiger partial charge is 0.393 e. The monoisotopic (exact) mass is 389 g/mol. The lowest BCUT2D eigenvalue weighted by atomic mass is 9.48. The van der Waals surface area contributed by atoms with Gasteiger partial charge >= 0.3 is 0 Å². The van der Waals surface area contributed by atoms with Crippen LogP contribution in [0.5, 0.6) is 0 Å². The number of aliphatic hydroxyl groups excluding tert-OH is 1. The van der Waals surface area contributed by atoms with Crippen molar-refractivity contribution in [2.24, 2.45) is 23.2 Å². The van der Waals surface area contributed by atoms with E-state index in [1.807, 2.05) is 0 Å². The Morgan fingerprint density at radius 3 is 2.61 bits per heavy atom. The summed E-state index contributed by atoms with van der Waals surface area (Å²) < 4.78 is 12.0. The zero-order chi connectivity index (χ0) is 19.9. The average molecular weight is 390 g/mol. The minimum atomic E-state index is -0.427. The summed E-state index contributed by atoms with van der Waals surface area (Å²) in [5.41, 5.74) is 1.18. The number of rotatable bonds is 1. The molecule has 5 nitrogen and oxygen atoms in total. The van der Waals surface area contributed by atoms with Crippen LogP contribution in [0.4, 0.5) is 0 Å². The molecule has 3 unspecified atom stereocenters. The van der Waals surface area contributed by atoms with E-state index in [0.717, 1.165) is 25.7 Å². The second-order valence-electron chi connectivity index (χ2n) is 10.7. The number of carbonyl (C=O) groups excluding carboxylic acids is 1. The van der Waals surface area contributed by atoms with Gasteiger partial charge in [-0.25, -0.2) is 0 Å². The molecule has 5 heteroatoms. The Morgan fingerprint density at radius 1 is 1.21 bits per heavy atom. The molecule has 2 heterocycles. The van der Waals surface area contributed by atoms with E-state index in [-0.39, 0.29) is 34.9 Å². The van der Waals surface area contributed by atoms with Crippen LogP contribution in [-0.2, 0) is 14.3 Å². The lowest BCUT2D eigenvalue weighted by Gasteiger charge is -2.60. The van der Waals surface area contributed by atoms with Crippen molar-refractivity contribution in [2.75, 3.05) is 13.2 Å². The predicted octanol–water partition coefficient (Wildman–Crippen LogP) is 3.26. The Hall–Kier alpha value is -0.910.